The first-order chi connectivity index (χ1) is 12.9. The number of fused-ring (bicyclic) bond motifs is 1. The molecule has 3 N–H and O–H groups in total. The minimum atomic E-state index is -0.751. The molecule has 0 saturated heterocycles. The van der Waals surface area contributed by atoms with E-state index < -0.39 is 6.04 Å². The first-order valence-corrected chi connectivity index (χ1v) is 9.04. The van der Waals surface area contributed by atoms with E-state index in [1.54, 1.807) is 24.3 Å². The topological polar surface area (TPSA) is 87.3 Å². The highest BCUT2D eigenvalue weighted by Gasteiger charge is 2.27. The van der Waals surface area contributed by atoms with Gasteiger partial charge in [-0.15, -0.1) is 0 Å². The molecule has 3 amide bonds. The van der Waals surface area contributed by atoms with Gasteiger partial charge in [0.05, 0.1) is 11.3 Å². The number of carbonyl (C=O) groups excluding carboxylic acids is 3. The molecule has 3 rings (SSSR count). The van der Waals surface area contributed by atoms with Crippen LogP contribution in [0.3, 0.4) is 0 Å². The van der Waals surface area contributed by atoms with Crippen LogP contribution in [0.25, 0.3) is 0 Å². The smallest absolute Gasteiger partial charge is 0.254 e. The van der Waals surface area contributed by atoms with Crippen LogP contribution in [0.4, 0.5) is 11.4 Å². The van der Waals surface area contributed by atoms with Gasteiger partial charge in [0.15, 0.2) is 0 Å². The average Bonchev–Trinajstić information content (AvgIpc) is 2.77. The van der Waals surface area contributed by atoms with Crippen molar-refractivity contribution in [1.82, 2.24) is 5.32 Å². The van der Waals surface area contributed by atoms with Crippen LogP contribution in [0.1, 0.15) is 48.5 Å². The predicted molar refractivity (Wildman–Crippen MR) is 105 cm³/mol. The molecule has 6 nitrogen and oxygen atoms in total. The Bertz CT molecular complexity index is 859. The van der Waals surface area contributed by atoms with E-state index in [0.29, 0.717) is 22.9 Å². The molecule has 0 spiro atoms. The molecular formula is C21H23N3O3. The van der Waals surface area contributed by atoms with Gasteiger partial charge in [0.1, 0.15) is 6.04 Å². The van der Waals surface area contributed by atoms with Crippen molar-refractivity contribution in [3.8, 4) is 0 Å². The number of benzene rings is 2. The first-order valence-electron chi connectivity index (χ1n) is 9.04. The Labute approximate surface area is 158 Å². The first kappa shape index (κ1) is 18.6. The van der Waals surface area contributed by atoms with Gasteiger partial charge in [0.2, 0.25) is 11.8 Å². The summed E-state index contributed by atoms with van der Waals surface area (Å²) in [5, 5.41) is 8.26. The Hall–Kier alpha value is -3.15. The van der Waals surface area contributed by atoms with E-state index in [2.05, 4.69) is 29.8 Å². The van der Waals surface area contributed by atoms with Gasteiger partial charge in [-0.1, -0.05) is 38.1 Å². The number of hydrogen-bond donors (Lipinski definition) is 3. The standard InChI is InChI=1S/C21H23N3O3/c1-13(2)14-7-9-15(10-8-14)22-19(25)12-11-18-21(27)23-17-6-4-3-5-16(17)20(26)24-18/h3-10,13,18H,11-12H2,1-2H3,(H,22,25)(H,23,27)(H,24,26)/t18-/m1/s1. The van der Waals surface area contributed by atoms with Gasteiger partial charge >= 0.3 is 0 Å². The second-order valence-electron chi connectivity index (χ2n) is 6.92. The zero-order valence-corrected chi connectivity index (χ0v) is 15.4. The van der Waals surface area contributed by atoms with E-state index in [1.807, 2.05) is 24.3 Å². The number of hydrogen-bond acceptors (Lipinski definition) is 3. The maximum Gasteiger partial charge on any atom is 0.254 e. The van der Waals surface area contributed by atoms with Crippen molar-refractivity contribution < 1.29 is 14.4 Å². The van der Waals surface area contributed by atoms with Gasteiger partial charge in [-0.2, -0.15) is 0 Å². The summed E-state index contributed by atoms with van der Waals surface area (Å²) in [6, 6.07) is 13.8. The largest absolute Gasteiger partial charge is 0.340 e. The normalized spacial score (nSPS) is 16.2. The fourth-order valence-corrected chi connectivity index (χ4v) is 2.97. The summed E-state index contributed by atoms with van der Waals surface area (Å²) in [5.74, 6) is -0.409. The van der Waals surface area contributed by atoms with Gasteiger partial charge < -0.3 is 16.0 Å². The molecule has 0 aliphatic carbocycles. The molecule has 6 heteroatoms. The van der Waals surface area contributed by atoms with Crippen molar-refractivity contribution in [2.24, 2.45) is 0 Å². The number of rotatable bonds is 5. The summed E-state index contributed by atoms with van der Waals surface area (Å²) in [4.78, 5) is 36.8. The van der Waals surface area contributed by atoms with Crippen molar-refractivity contribution in [1.29, 1.82) is 0 Å². The Kier molecular flexibility index (Phi) is 5.54. The lowest BCUT2D eigenvalue weighted by atomic mass is 10.0. The highest BCUT2D eigenvalue weighted by atomic mass is 16.2. The number of para-hydroxylation sites is 1. The predicted octanol–water partition coefficient (Wildman–Crippen LogP) is 3.28. The highest BCUT2D eigenvalue weighted by molar-refractivity contribution is 6.09. The van der Waals surface area contributed by atoms with Gasteiger partial charge in [-0.25, -0.2) is 0 Å². The van der Waals surface area contributed by atoms with E-state index in [9.17, 15) is 14.4 Å². The maximum atomic E-state index is 12.3. The molecule has 0 fully saturated rings. The van der Waals surface area contributed by atoms with E-state index >= 15 is 0 Å². The molecule has 140 valence electrons. The van der Waals surface area contributed by atoms with E-state index in [0.717, 1.165) is 0 Å². The molecular weight excluding hydrogens is 342 g/mol. The number of nitrogens with one attached hydrogen (secondary N) is 3. The van der Waals surface area contributed by atoms with Crippen LogP contribution in [0.5, 0.6) is 0 Å². The summed E-state index contributed by atoms with van der Waals surface area (Å²) < 4.78 is 0. The SMILES string of the molecule is CC(C)c1ccc(NC(=O)CC[C@H]2NC(=O)c3ccccc3NC2=O)cc1. The number of carbonyl (C=O) groups is 3. The minimum absolute atomic E-state index is 0.126. The van der Waals surface area contributed by atoms with Crippen LogP contribution < -0.4 is 16.0 Å². The molecule has 0 unspecified atom stereocenters. The zero-order chi connectivity index (χ0) is 19.4. The minimum Gasteiger partial charge on any atom is -0.340 e. The Balaban J connectivity index is 1.57. The van der Waals surface area contributed by atoms with Gasteiger partial charge in [0.25, 0.3) is 5.91 Å². The highest BCUT2D eigenvalue weighted by Crippen LogP contribution is 2.20. The van der Waals surface area contributed by atoms with E-state index in [1.165, 1.54) is 5.56 Å². The zero-order valence-electron chi connectivity index (χ0n) is 15.4. The lowest BCUT2D eigenvalue weighted by Crippen LogP contribution is -2.41. The summed E-state index contributed by atoms with van der Waals surface area (Å²) in [7, 11) is 0. The molecule has 2 aromatic carbocycles. The maximum absolute atomic E-state index is 12.3. The molecule has 1 heterocycles. The van der Waals surface area contributed by atoms with Crippen LogP contribution in [-0.4, -0.2) is 23.8 Å². The van der Waals surface area contributed by atoms with Crippen LogP contribution in [0, 0.1) is 0 Å². The summed E-state index contributed by atoms with van der Waals surface area (Å²) in [6.07, 6.45) is 0.349. The molecule has 1 aliphatic heterocycles. The van der Waals surface area contributed by atoms with Crippen molar-refractivity contribution in [2.75, 3.05) is 10.6 Å². The van der Waals surface area contributed by atoms with Crippen LogP contribution in [0.15, 0.2) is 48.5 Å². The van der Waals surface area contributed by atoms with Crippen molar-refractivity contribution in [2.45, 2.75) is 38.6 Å². The van der Waals surface area contributed by atoms with Crippen LogP contribution in [-0.2, 0) is 9.59 Å². The van der Waals surface area contributed by atoms with Gasteiger partial charge in [-0.05, 0) is 42.2 Å². The molecule has 0 bridgehead atoms. The number of anilines is 2. The molecule has 1 aliphatic rings. The molecule has 0 aromatic heterocycles. The quantitative estimate of drug-likeness (QED) is 0.760. The van der Waals surface area contributed by atoms with E-state index in [4.69, 9.17) is 0 Å². The third-order valence-corrected chi connectivity index (χ3v) is 4.57. The third kappa shape index (κ3) is 4.53. The number of amides is 3. The molecule has 2 aromatic rings. The van der Waals surface area contributed by atoms with Crippen LogP contribution in [0.2, 0.25) is 0 Å². The fraction of sp³-hybridized carbons (Fsp3) is 0.286. The molecule has 0 saturated carbocycles. The fourth-order valence-electron chi connectivity index (χ4n) is 2.97. The summed E-state index contributed by atoms with van der Waals surface area (Å²) in [5.41, 5.74) is 2.82. The Morgan fingerprint density at radius 2 is 1.78 bits per heavy atom. The van der Waals surface area contributed by atoms with Crippen molar-refractivity contribution in [3.05, 3.63) is 59.7 Å². The second-order valence-corrected chi connectivity index (χ2v) is 6.92. The van der Waals surface area contributed by atoms with Crippen molar-refractivity contribution in [3.63, 3.8) is 0 Å². The Morgan fingerprint density at radius 3 is 2.48 bits per heavy atom. The lowest BCUT2D eigenvalue weighted by Gasteiger charge is -2.14. The lowest BCUT2D eigenvalue weighted by molar-refractivity contribution is -0.118. The van der Waals surface area contributed by atoms with Gasteiger partial charge in [-0.3, -0.25) is 14.4 Å². The average molecular weight is 365 g/mol. The summed E-state index contributed by atoms with van der Waals surface area (Å²) in [6.45, 7) is 4.22. The monoisotopic (exact) mass is 365 g/mol. The molecule has 27 heavy (non-hydrogen) atoms. The van der Waals surface area contributed by atoms with Crippen molar-refractivity contribution >= 4 is 29.1 Å². The summed E-state index contributed by atoms with van der Waals surface area (Å²) >= 11 is 0. The van der Waals surface area contributed by atoms with Crippen LogP contribution >= 0.6 is 0 Å². The third-order valence-electron chi connectivity index (χ3n) is 4.57. The second kappa shape index (κ2) is 8.03. The molecule has 1 atom stereocenters. The van der Waals surface area contributed by atoms with E-state index in [-0.39, 0.29) is 30.6 Å². The van der Waals surface area contributed by atoms with Gasteiger partial charge in [0, 0.05) is 12.1 Å². The Morgan fingerprint density at radius 1 is 1.07 bits per heavy atom. The molecule has 0 radical (unpaired) electrons.